The Morgan fingerprint density at radius 2 is 1.86 bits per heavy atom. The van der Waals surface area contributed by atoms with Crippen LogP contribution < -0.4 is 15.8 Å². The van der Waals surface area contributed by atoms with Crippen LogP contribution in [0.15, 0.2) is 60.8 Å². The van der Waals surface area contributed by atoms with Crippen LogP contribution in [0.1, 0.15) is 5.56 Å². The van der Waals surface area contributed by atoms with Crippen LogP contribution in [0.4, 0.5) is 17.2 Å². The van der Waals surface area contributed by atoms with Crippen LogP contribution in [0.3, 0.4) is 0 Å². The van der Waals surface area contributed by atoms with Gasteiger partial charge in [-0.1, -0.05) is 24.3 Å². The van der Waals surface area contributed by atoms with Crippen molar-refractivity contribution in [2.75, 3.05) is 22.0 Å². The molecule has 0 aliphatic rings. The lowest BCUT2D eigenvalue weighted by atomic mass is 10.1. The first kappa shape index (κ1) is 18.8. The summed E-state index contributed by atoms with van der Waals surface area (Å²) in [5.41, 5.74) is 11.1. The fourth-order valence-corrected chi connectivity index (χ4v) is 3.65. The fraction of sp³-hybridized carbons (Fsp3) is 0.100. The third kappa shape index (κ3) is 4.46. The quantitative estimate of drug-likeness (QED) is 0.388. The van der Waals surface area contributed by atoms with Gasteiger partial charge in [0, 0.05) is 41.1 Å². The molecule has 8 nitrogen and oxygen atoms in total. The maximum Gasteiger partial charge on any atom is 0.229 e. The van der Waals surface area contributed by atoms with Crippen LogP contribution in [-0.4, -0.2) is 29.9 Å². The molecular weight excluding hydrogens is 388 g/mol. The highest BCUT2D eigenvalue weighted by molar-refractivity contribution is 7.92. The van der Waals surface area contributed by atoms with Gasteiger partial charge in [-0.05, 0) is 29.8 Å². The number of aromatic amines is 1. The summed E-state index contributed by atoms with van der Waals surface area (Å²) >= 11 is 0. The Balaban J connectivity index is 1.56. The largest absolute Gasteiger partial charge is 0.384 e. The second-order valence-electron chi connectivity index (χ2n) is 6.72. The van der Waals surface area contributed by atoms with E-state index in [0.717, 1.165) is 39.7 Å². The van der Waals surface area contributed by atoms with Gasteiger partial charge in [0.1, 0.15) is 5.82 Å². The van der Waals surface area contributed by atoms with Crippen molar-refractivity contribution in [1.82, 2.24) is 15.2 Å². The van der Waals surface area contributed by atoms with Crippen molar-refractivity contribution in [2.45, 2.75) is 6.54 Å². The summed E-state index contributed by atoms with van der Waals surface area (Å²) in [6.45, 7) is 0.556. The summed E-state index contributed by atoms with van der Waals surface area (Å²) in [5, 5.41) is 11.3. The van der Waals surface area contributed by atoms with Gasteiger partial charge in [-0.2, -0.15) is 5.10 Å². The van der Waals surface area contributed by atoms with Gasteiger partial charge in [0.05, 0.1) is 17.5 Å². The standard InChI is InChI=1S/C20H20N6O2S/c1-29(27,28)26-15-5-2-13(3-6-15)12-22-18-11-20(21)24-19-10-14(4-7-16(18)19)17-8-9-23-25-17/h2-11,26H,12H2,1H3,(H,23,25)(H3,21,22,24). The molecule has 4 aromatic rings. The Morgan fingerprint density at radius 3 is 2.55 bits per heavy atom. The van der Waals surface area contributed by atoms with Crippen LogP contribution in [0.5, 0.6) is 0 Å². The Morgan fingerprint density at radius 1 is 1.07 bits per heavy atom. The van der Waals surface area contributed by atoms with Crippen molar-refractivity contribution >= 4 is 38.1 Å². The van der Waals surface area contributed by atoms with Crippen molar-refractivity contribution < 1.29 is 8.42 Å². The van der Waals surface area contributed by atoms with E-state index in [-0.39, 0.29) is 0 Å². The first-order valence-electron chi connectivity index (χ1n) is 8.88. The number of nitrogens with one attached hydrogen (secondary N) is 3. The third-order valence-corrected chi connectivity index (χ3v) is 4.99. The van der Waals surface area contributed by atoms with Gasteiger partial charge in [0.2, 0.25) is 10.0 Å². The van der Waals surface area contributed by atoms with Crippen molar-refractivity contribution in [2.24, 2.45) is 0 Å². The fourth-order valence-electron chi connectivity index (χ4n) is 3.08. The lowest BCUT2D eigenvalue weighted by molar-refractivity contribution is 0.607. The predicted molar refractivity (Wildman–Crippen MR) is 116 cm³/mol. The SMILES string of the molecule is CS(=O)(=O)Nc1ccc(CNc2cc(N)nc3cc(-c4ccn[nH]4)ccc23)cc1. The third-order valence-electron chi connectivity index (χ3n) is 4.38. The van der Waals surface area contributed by atoms with E-state index >= 15 is 0 Å². The van der Waals surface area contributed by atoms with Gasteiger partial charge in [-0.3, -0.25) is 9.82 Å². The number of nitrogens with zero attached hydrogens (tertiary/aromatic N) is 2. The Hall–Kier alpha value is -3.59. The zero-order chi connectivity index (χ0) is 20.4. The van der Waals surface area contributed by atoms with E-state index in [1.54, 1.807) is 24.4 Å². The number of anilines is 3. The summed E-state index contributed by atoms with van der Waals surface area (Å²) in [5.74, 6) is 0.425. The van der Waals surface area contributed by atoms with Crippen LogP contribution in [0.25, 0.3) is 22.2 Å². The lowest BCUT2D eigenvalue weighted by Crippen LogP contribution is -2.09. The van der Waals surface area contributed by atoms with Gasteiger partial charge in [-0.15, -0.1) is 0 Å². The van der Waals surface area contributed by atoms with Crippen LogP contribution in [0, 0.1) is 0 Å². The first-order chi connectivity index (χ1) is 13.9. The predicted octanol–water partition coefficient (Wildman–Crippen LogP) is 3.19. The maximum absolute atomic E-state index is 11.3. The van der Waals surface area contributed by atoms with Crippen LogP contribution >= 0.6 is 0 Å². The summed E-state index contributed by atoms with van der Waals surface area (Å²) in [6.07, 6.45) is 2.83. The molecule has 0 amide bonds. The number of hydrogen-bond donors (Lipinski definition) is 4. The zero-order valence-corrected chi connectivity index (χ0v) is 16.5. The molecule has 2 aromatic carbocycles. The molecule has 148 valence electrons. The molecule has 0 aliphatic carbocycles. The van der Waals surface area contributed by atoms with Gasteiger partial charge >= 0.3 is 0 Å². The maximum atomic E-state index is 11.3. The average molecular weight is 408 g/mol. The van der Waals surface area contributed by atoms with Gasteiger partial charge in [0.15, 0.2) is 0 Å². The highest BCUT2D eigenvalue weighted by Crippen LogP contribution is 2.28. The number of fused-ring (bicyclic) bond motifs is 1. The minimum absolute atomic E-state index is 0.425. The number of sulfonamides is 1. The van der Waals surface area contributed by atoms with E-state index in [2.05, 4.69) is 25.2 Å². The van der Waals surface area contributed by atoms with Crippen LogP contribution in [-0.2, 0) is 16.6 Å². The molecule has 0 bridgehead atoms. The lowest BCUT2D eigenvalue weighted by Gasteiger charge is -2.12. The second-order valence-corrected chi connectivity index (χ2v) is 8.47. The number of aromatic nitrogens is 3. The van der Waals surface area contributed by atoms with Crippen molar-refractivity contribution in [3.8, 4) is 11.3 Å². The molecule has 5 N–H and O–H groups in total. The van der Waals surface area contributed by atoms with E-state index in [0.29, 0.717) is 18.1 Å². The molecule has 0 unspecified atom stereocenters. The Bertz CT molecular complexity index is 1250. The van der Waals surface area contributed by atoms with Crippen molar-refractivity contribution in [3.05, 3.63) is 66.4 Å². The Kier molecular flexibility index (Phi) is 4.81. The highest BCUT2D eigenvalue weighted by atomic mass is 32.2. The molecule has 0 saturated heterocycles. The number of benzene rings is 2. The number of pyridine rings is 1. The minimum atomic E-state index is -3.29. The topological polar surface area (TPSA) is 126 Å². The summed E-state index contributed by atoms with van der Waals surface area (Å²) in [7, 11) is -3.29. The number of H-pyrrole nitrogens is 1. The molecule has 2 aromatic heterocycles. The monoisotopic (exact) mass is 408 g/mol. The number of rotatable bonds is 6. The molecule has 0 spiro atoms. The van der Waals surface area contributed by atoms with Crippen molar-refractivity contribution in [1.29, 1.82) is 0 Å². The zero-order valence-electron chi connectivity index (χ0n) is 15.7. The van der Waals surface area contributed by atoms with Crippen molar-refractivity contribution in [3.63, 3.8) is 0 Å². The normalized spacial score (nSPS) is 11.5. The molecule has 0 saturated carbocycles. The average Bonchev–Trinajstić information content (AvgIpc) is 3.20. The van der Waals surface area contributed by atoms with E-state index in [4.69, 9.17) is 5.73 Å². The first-order valence-corrected chi connectivity index (χ1v) is 10.8. The molecule has 29 heavy (non-hydrogen) atoms. The van der Waals surface area contributed by atoms with Gasteiger partial charge in [-0.25, -0.2) is 13.4 Å². The molecule has 2 heterocycles. The van der Waals surface area contributed by atoms with E-state index in [1.165, 1.54) is 0 Å². The molecule has 0 aliphatic heterocycles. The molecular formula is C20H20N6O2S. The van der Waals surface area contributed by atoms with Gasteiger partial charge < -0.3 is 11.1 Å². The Labute approximate surface area is 168 Å². The number of hydrogen-bond acceptors (Lipinski definition) is 6. The number of nitrogen functional groups attached to an aromatic ring is 1. The number of nitrogens with two attached hydrogens (primary N) is 1. The minimum Gasteiger partial charge on any atom is -0.384 e. The molecule has 4 rings (SSSR count). The summed E-state index contributed by atoms with van der Waals surface area (Å²) < 4.78 is 25.1. The summed E-state index contributed by atoms with van der Waals surface area (Å²) in [6, 6.07) is 16.9. The molecule has 0 fully saturated rings. The van der Waals surface area contributed by atoms with E-state index in [9.17, 15) is 8.42 Å². The van der Waals surface area contributed by atoms with E-state index < -0.39 is 10.0 Å². The molecule has 0 atom stereocenters. The van der Waals surface area contributed by atoms with Gasteiger partial charge in [0.25, 0.3) is 0 Å². The highest BCUT2D eigenvalue weighted by Gasteiger charge is 2.08. The molecule has 0 radical (unpaired) electrons. The smallest absolute Gasteiger partial charge is 0.229 e. The molecule has 9 heteroatoms. The van der Waals surface area contributed by atoms with Crippen LogP contribution in [0.2, 0.25) is 0 Å². The summed E-state index contributed by atoms with van der Waals surface area (Å²) in [4.78, 5) is 4.45. The van der Waals surface area contributed by atoms with E-state index in [1.807, 2.05) is 36.4 Å². The second kappa shape index (κ2) is 7.44.